The summed E-state index contributed by atoms with van der Waals surface area (Å²) in [4.78, 5) is 8.58. The van der Waals surface area contributed by atoms with Gasteiger partial charge in [0.15, 0.2) is 5.96 Å². The number of aliphatic imine (C=N–C) groups is 1. The zero-order chi connectivity index (χ0) is 18.8. The number of pyridine rings is 1. The molecule has 6 nitrogen and oxygen atoms in total. The maximum atomic E-state index is 10.3. The van der Waals surface area contributed by atoms with Crippen LogP contribution in [0.2, 0.25) is 0 Å². The molecule has 0 bridgehead atoms. The minimum absolute atomic E-state index is 0. The quantitative estimate of drug-likeness (QED) is 0.305. The van der Waals surface area contributed by atoms with E-state index in [2.05, 4.69) is 26.7 Å². The van der Waals surface area contributed by atoms with Crippen LogP contribution in [0, 0.1) is 6.92 Å². The summed E-state index contributed by atoms with van der Waals surface area (Å²) < 4.78 is 5.71. The van der Waals surface area contributed by atoms with Crippen molar-refractivity contribution in [3.8, 4) is 5.75 Å². The Kier molecular flexibility index (Phi) is 10.7. The van der Waals surface area contributed by atoms with Crippen LogP contribution < -0.4 is 15.4 Å². The van der Waals surface area contributed by atoms with Crippen LogP contribution in [0.15, 0.2) is 47.7 Å². The van der Waals surface area contributed by atoms with Crippen LogP contribution >= 0.6 is 24.0 Å². The Balaban J connectivity index is 0.00000364. The second-order valence-electron chi connectivity index (χ2n) is 5.92. The summed E-state index contributed by atoms with van der Waals surface area (Å²) in [5.41, 5.74) is 3.01. The van der Waals surface area contributed by atoms with E-state index in [-0.39, 0.29) is 24.0 Å². The second kappa shape index (κ2) is 12.5. The van der Waals surface area contributed by atoms with Crippen LogP contribution in [0.25, 0.3) is 0 Å². The molecule has 2 aromatic rings. The summed E-state index contributed by atoms with van der Waals surface area (Å²) in [6.45, 7) is 8.25. The standard InChI is InChI=1S/C20H28N4O2.HI/c1-4-22-20(24-14-18(25)16-8-10-21-11-9-16)23-13-17-7-6-15(3)12-19(17)26-5-2;/h6-12,18,25H,4-5,13-14H2,1-3H3,(H2,22,23,24);1H. The number of ether oxygens (including phenoxy) is 1. The third-order valence-corrected chi connectivity index (χ3v) is 3.83. The zero-order valence-electron chi connectivity index (χ0n) is 16.1. The number of aliphatic hydroxyl groups excluding tert-OH is 1. The van der Waals surface area contributed by atoms with Crippen molar-refractivity contribution in [3.05, 3.63) is 59.4 Å². The highest BCUT2D eigenvalue weighted by Crippen LogP contribution is 2.21. The molecule has 1 aromatic carbocycles. The lowest BCUT2D eigenvalue weighted by atomic mass is 10.1. The van der Waals surface area contributed by atoms with Gasteiger partial charge in [-0.25, -0.2) is 4.99 Å². The van der Waals surface area contributed by atoms with E-state index in [0.29, 0.717) is 25.7 Å². The Labute approximate surface area is 178 Å². The van der Waals surface area contributed by atoms with Gasteiger partial charge in [-0.05, 0) is 50.1 Å². The zero-order valence-corrected chi connectivity index (χ0v) is 18.4. The molecular weight excluding hydrogens is 455 g/mol. The molecule has 1 heterocycles. The van der Waals surface area contributed by atoms with Crippen molar-refractivity contribution < 1.29 is 9.84 Å². The van der Waals surface area contributed by atoms with Crippen LogP contribution in [0.3, 0.4) is 0 Å². The Bertz CT molecular complexity index is 710. The van der Waals surface area contributed by atoms with Crippen molar-refractivity contribution in [3.63, 3.8) is 0 Å². The number of guanidine groups is 1. The summed E-state index contributed by atoms with van der Waals surface area (Å²) >= 11 is 0. The smallest absolute Gasteiger partial charge is 0.191 e. The first-order valence-electron chi connectivity index (χ1n) is 8.96. The predicted octanol–water partition coefficient (Wildman–Crippen LogP) is 3.20. The number of rotatable bonds is 8. The van der Waals surface area contributed by atoms with E-state index in [9.17, 15) is 5.11 Å². The van der Waals surface area contributed by atoms with Crippen molar-refractivity contribution in [2.75, 3.05) is 19.7 Å². The first kappa shape index (κ1) is 23.2. The van der Waals surface area contributed by atoms with E-state index in [4.69, 9.17) is 4.74 Å². The molecule has 0 saturated heterocycles. The molecule has 0 spiro atoms. The van der Waals surface area contributed by atoms with E-state index in [1.165, 1.54) is 0 Å². The summed E-state index contributed by atoms with van der Waals surface area (Å²) in [5.74, 6) is 1.52. The van der Waals surface area contributed by atoms with E-state index < -0.39 is 6.10 Å². The molecule has 3 N–H and O–H groups in total. The minimum atomic E-state index is -0.625. The van der Waals surface area contributed by atoms with Crippen molar-refractivity contribution in [2.24, 2.45) is 4.99 Å². The molecule has 1 atom stereocenters. The van der Waals surface area contributed by atoms with Crippen LogP contribution in [0.1, 0.15) is 36.6 Å². The van der Waals surface area contributed by atoms with Gasteiger partial charge in [0.25, 0.3) is 0 Å². The third-order valence-electron chi connectivity index (χ3n) is 3.83. The van der Waals surface area contributed by atoms with Gasteiger partial charge in [-0.15, -0.1) is 24.0 Å². The topological polar surface area (TPSA) is 78.8 Å². The highest BCUT2D eigenvalue weighted by molar-refractivity contribution is 14.0. The summed E-state index contributed by atoms with van der Waals surface area (Å²) in [7, 11) is 0. The molecule has 0 amide bonds. The number of halogens is 1. The Morgan fingerprint density at radius 1 is 1.19 bits per heavy atom. The predicted molar refractivity (Wildman–Crippen MR) is 120 cm³/mol. The Hall–Kier alpha value is -1.87. The van der Waals surface area contributed by atoms with Gasteiger partial charge in [0, 0.05) is 31.0 Å². The number of hydrogen-bond acceptors (Lipinski definition) is 4. The summed E-state index contributed by atoms with van der Waals surface area (Å²) in [6, 6.07) is 9.73. The van der Waals surface area contributed by atoms with Gasteiger partial charge >= 0.3 is 0 Å². The number of aryl methyl sites for hydroxylation is 1. The van der Waals surface area contributed by atoms with Crippen molar-refractivity contribution in [1.29, 1.82) is 0 Å². The van der Waals surface area contributed by atoms with Gasteiger partial charge in [0.2, 0.25) is 0 Å². The number of aliphatic hydroxyl groups is 1. The van der Waals surface area contributed by atoms with Gasteiger partial charge in [0.1, 0.15) is 5.75 Å². The van der Waals surface area contributed by atoms with E-state index in [0.717, 1.165) is 29.0 Å². The molecule has 0 aliphatic rings. The normalized spacial score (nSPS) is 12.1. The molecule has 148 valence electrons. The minimum Gasteiger partial charge on any atom is -0.494 e. The lowest BCUT2D eigenvalue weighted by molar-refractivity contribution is 0.180. The fourth-order valence-corrected chi connectivity index (χ4v) is 2.49. The van der Waals surface area contributed by atoms with Gasteiger partial charge in [-0.2, -0.15) is 0 Å². The highest BCUT2D eigenvalue weighted by Gasteiger charge is 2.09. The van der Waals surface area contributed by atoms with Gasteiger partial charge < -0.3 is 20.5 Å². The number of nitrogens with one attached hydrogen (secondary N) is 2. The number of benzene rings is 1. The molecule has 1 aromatic heterocycles. The molecular formula is C20H29IN4O2. The molecule has 7 heteroatoms. The van der Waals surface area contributed by atoms with Crippen LogP contribution in [-0.4, -0.2) is 35.7 Å². The fraction of sp³-hybridized carbons (Fsp3) is 0.400. The molecule has 27 heavy (non-hydrogen) atoms. The maximum Gasteiger partial charge on any atom is 0.191 e. The van der Waals surface area contributed by atoms with Crippen LogP contribution in [0.4, 0.5) is 0 Å². The number of nitrogens with zero attached hydrogens (tertiary/aromatic N) is 2. The Morgan fingerprint density at radius 3 is 2.59 bits per heavy atom. The molecule has 0 aliphatic carbocycles. The maximum absolute atomic E-state index is 10.3. The lowest BCUT2D eigenvalue weighted by Gasteiger charge is -2.16. The van der Waals surface area contributed by atoms with Gasteiger partial charge in [-0.1, -0.05) is 12.1 Å². The van der Waals surface area contributed by atoms with Crippen LogP contribution in [-0.2, 0) is 6.54 Å². The summed E-state index contributed by atoms with van der Waals surface area (Å²) in [6.07, 6.45) is 2.72. The largest absolute Gasteiger partial charge is 0.494 e. The molecule has 1 unspecified atom stereocenters. The van der Waals surface area contributed by atoms with Crippen molar-refractivity contribution >= 4 is 29.9 Å². The monoisotopic (exact) mass is 484 g/mol. The number of aromatic nitrogens is 1. The van der Waals surface area contributed by atoms with E-state index in [1.54, 1.807) is 24.5 Å². The number of hydrogen-bond donors (Lipinski definition) is 3. The molecule has 0 aliphatic heterocycles. The third kappa shape index (κ3) is 7.72. The van der Waals surface area contributed by atoms with Gasteiger partial charge in [0.05, 0.1) is 19.3 Å². The molecule has 0 fully saturated rings. The highest BCUT2D eigenvalue weighted by atomic mass is 127. The summed E-state index contributed by atoms with van der Waals surface area (Å²) in [5, 5.41) is 16.7. The van der Waals surface area contributed by atoms with E-state index >= 15 is 0 Å². The lowest BCUT2D eigenvalue weighted by Crippen LogP contribution is -2.39. The molecule has 2 rings (SSSR count). The van der Waals surface area contributed by atoms with E-state index in [1.807, 2.05) is 32.9 Å². The van der Waals surface area contributed by atoms with Crippen LogP contribution in [0.5, 0.6) is 5.75 Å². The average Bonchev–Trinajstić information content (AvgIpc) is 2.66. The van der Waals surface area contributed by atoms with Crippen molar-refractivity contribution in [1.82, 2.24) is 15.6 Å². The fourth-order valence-electron chi connectivity index (χ4n) is 2.49. The molecule has 0 radical (unpaired) electrons. The van der Waals surface area contributed by atoms with Crippen molar-refractivity contribution in [2.45, 2.75) is 33.4 Å². The first-order chi connectivity index (χ1) is 12.6. The Morgan fingerprint density at radius 2 is 1.93 bits per heavy atom. The molecule has 0 saturated carbocycles. The SMILES string of the molecule is CCNC(=NCc1ccc(C)cc1OCC)NCC(O)c1ccncc1.I. The average molecular weight is 484 g/mol. The second-order valence-corrected chi connectivity index (χ2v) is 5.92. The first-order valence-corrected chi connectivity index (χ1v) is 8.96. The van der Waals surface area contributed by atoms with Gasteiger partial charge in [-0.3, -0.25) is 4.98 Å².